The van der Waals surface area contributed by atoms with Gasteiger partial charge < -0.3 is 14.5 Å². The van der Waals surface area contributed by atoms with Crippen LogP contribution in [0.1, 0.15) is 90.5 Å². The predicted molar refractivity (Wildman–Crippen MR) is 168 cm³/mol. The first-order valence-corrected chi connectivity index (χ1v) is 17.2. The zero-order valence-electron chi connectivity index (χ0n) is 25.8. The summed E-state index contributed by atoms with van der Waals surface area (Å²) in [5.74, 6) is -1.71. The van der Waals surface area contributed by atoms with Crippen LogP contribution in [0.3, 0.4) is 0 Å². The number of fused-ring (bicyclic) bond motifs is 1. The van der Waals surface area contributed by atoms with E-state index >= 15 is 4.79 Å². The molecule has 0 bridgehead atoms. The van der Waals surface area contributed by atoms with Crippen LogP contribution in [0.5, 0.6) is 5.75 Å². The topological polar surface area (TPSA) is 62.7 Å². The Morgan fingerprint density at radius 2 is 1.77 bits per heavy atom. The Balaban J connectivity index is 1.64. The number of pyridine rings is 1. The Kier molecular flexibility index (Phi) is 10.3. The molecule has 1 fully saturated rings. The molecule has 1 aromatic carbocycles. The summed E-state index contributed by atoms with van der Waals surface area (Å²) in [5, 5.41) is 1.18. The third kappa shape index (κ3) is 7.04. The molecule has 0 radical (unpaired) electrons. The van der Waals surface area contributed by atoms with E-state index in [0.717, 1.165) is 46.4 Å². The fourth-order valence-corrected chi connectivity index (χ4v) is 7.91. The number of aromatic nitrogens is 1. The Morgan fingerprint density at radius 3 is 2.43 bits per heavy atom. The van der Waals surface area contributed by atoms with E-state index in [2.05, 4.69) is 20.9 Å². The number of nitrogens with zero attached hydrogens (tertiary/aromatic N) is 3. The van der Waals surface area contributed by atoms with Crippen LogP contribution in [-0.4, -0.2) is 51.3 Å². The third-order valence-electron chi connectivity index (χ3n) is 8.80. The first kappa shape index (κ1) is 35.2. The summed E-state index contributed by atoms with van der Waals surface area (Å²) in [6.45, 7) is 4.09. The van der Waals surface area contributed by atoms with Crippen molar-refractivity contribution < 1.29 is 40.7 Å². The van der Waals surface area contributed by atoms with Crippen molar-refractivity contribution in [2.24, 2.45) is 0 Å². The van der Waals surface area contributed by atoms with Crippen molar-refractivity contribution in [1.82, 2.24) is 14.8 Å². The quantitative estimate of drug-likeness (QED) is 0.216. The molecule has 6 nitrogen and oxygen atoms in total. The van der Waals surface area contributed by atoms with Gasteiger partial charge in [0.25, 0.3) is 11.8 Å². The smallest absolute Gasteiger partial charge is 0.425 e. The molecule has 47 heavy (non-hydrogen) atoms. The Bertz CT molecular complexity index is 1610. The lowest BCUT2D eigenvalue weighted by atomic mass is 9.78. The average Bonchev–Trinajstić information content (AvgIpc) is 3.50. The van der Waals surface area contributed by atoms with Crippen molar-refractivity contribution in [3.8, 4) is 5.75 Å². The number of amides is 2. The summed E-state index contributed by atoms with van der Waals surface area (Å²) in [4.78, 5) is 34.9. The van der Waals surface area contributed by atoms with E-state index in [1.807, 2.05) is 25.1 Å². The van der Waals surface area contributed by atoms with Gasteiger partial charge in [-0.25, -0.2) is 0 Å². The van der Waals surface area contributed by atoms with E-state index in [9.17, 15) is 31.1 Å². The average molecular weight is 747 g/mol. The van der Waals surface area contributed by atoms with E-state index in [4.69, 9.17) is 4.74 Å². The number of likely N-dealkylation sites (tertiary alicyclic amines) is 1. The monoisotopic (exact) mass is 745 g/mol. The molecule has 0 saturated carbocycles. The van der Waals surface area contributed by atoms with Crippen LogP contribution in [0.4, 0.5) is 26.3 Å². The second-order valence-electron chi connectivity index (χ2n) is 11.8. The van der Waals surface area contributed by atoms with Crippen LogP contribution in [0.15, 0.2) is 52.4 Å². The summed E-state index contributed by atoms with van der Waals surface area (Å²) >= 11 is 3.93. The summed E-state index contributed by atoms with van der Waals surface area (Å²) in [5.41, 5.74) is -1.89. The van der Waals surface area contributed by atoms with Gasteiger partial charge in [-0.2, -0.15) is 26.3 Å². The second kappa shape index (κ2) is 13.8. The zero-order chi connectivity index (χ0) is 34.1. The minimum Gasteiger partial charge on any atom is -0.474 e. The lowest BCUT2D eigenvalue weighted by Gasteiger charge is -2.51. The molecule has 14 heteroatoms. The van der Waals surface area contributed by atoms with Gasteiger partial charge in [-0.3, -0.25) is 14.6 Å². The molecule has 2 amide bonds. The minimum atomic E-state index is -4.87. The number of carbonyl (C=O) groups excluding carboxylic acids is 2. The molecule has 0 spiro atoms. The van der Waals surface area contributed by atoms with Crippen LogP contribution in [0.2, 0.25) is 0 Å². The molecular weight excluding hydrogens is 712 g/mol. The molecule has 4 heterocycles. The van der Waals surface area contributed by atoms with Crippen LogP contribution >= 0.6 is 27.3 Å². The van der Waals surface area contributed by atoms with Gasteiger partial charge in [0.2, 0.25) is 5.60 Å². The Hall–Kier alpha value is -3.13. The largest absolute Gasteiger partial charge is 0.474 e. The maximum Gasteiger partial charge on any atom is 0.425 e. The molecule has 0 aliphatic carbocycles. The van der Waals surface area contributed by atoms with Gasteiger partial charge in [0.05, 0.1) is 17.6 Å². The van der Waals surface area contributed by atoms with Gasteiger partial charge in [-0.1, -0.05) is 48.7 Å². The number of thiophene rings is 1. The number of hydrogen-bond acceptors (Lipinski definition) is 5. The van der Waals surface area contributed by atoms with Crippen molar-refractivity contribution in [2.75, 3.05) is 13.1 Å². The molecule has 1 saturated heterocycles. The maximum absolute atomic E-state index is 15.1. The van der Waals surface area contributed by atoms with Crippen molar-refractivity contribution in [3.63, 3.8) is 0 Å². The number of hydrogen-bond donors (Lipinski definition) is 0. The molecule has 5 rings (SSSR count). The van der Waals surface area contributed by atoms with Gasteiger partial charge in [0.1, 0.15) is 16.3 Å². The van der Waals surface area contributed by atoms with Gasteiger partial charge >= 0.3 is 12.4 Å². The third-order valence-corrected chi connectivity index (χ3v) is 10.2. The van der Waals surface area contributed by atoms with Crippen LogP contribution in [0.25, 0.3) is 0 Å². The van der Waals surface area contributed by atoms with Gasteiger partial charge in [0.15, 0.2) is 0 Å². The Morgan fingerprint density at radius 1 is 1.02 bits per heavy atom. The normalized spacial score (nSPS) is 21.8. The SMILES string of the molecule is CCCC1c2ccc(Br)cc2CCN1C(=O)[C@@]1(Oc2csc(C(F)(F)F)c2)CCCN(C(=O)c2ncccc2C(F)(F)F)[C@@H]1CCC. The number of benzene rings is 1. The van der Waals surface area contributed by atoms with Crippen molar-refractivity contribution in [2.45, 2.75) is 88.8 Å². The second-order valence-corrected chi connectivity index (χ2v) is 13.7. The van der Waals surface area contributed by atoms with E-state index in [1.54, 1.807) is 11.8 Å². The summed E-state index contributed by atoms with van der Waals surface area (Å²) < 4.78 is 90.2. The molecule has 2 aliphatic rings. The minimum absolute atomic E-state index is 0.0163. The van der Waals surface area contributed by atoms with Gasteiger partial charge in [-0.15, -0.1) is 11.3 Å². The van der Waals surface area contributed by atoms with Crippen LogP contribution in [0, 0.1) is 0 Å². The van der Waals surface area contributed by atoms with E-state index < -0.39 is 51.9 Å². The molecular formula is C33H34BrF6N3O3S. The van der Waals surface area contributed by atoms with Crippen molar-refractivity contribution in [3.05, 3.63) is 79.7 Å². The molecule has 3 aromatic rings. The molecule has 254 valence electrons. The lowest BCUT2D eigenvalue weighted by Crippen LogP contribution is -2.68. The first-order chi connectivity index (χ1) is 22.2. The zero-order valence-corrected chi connectivity index (χ0v) is 28.2. The standard InChI is InChI=1S/C33H34BrF6N3O3S/c1-3-7-25-23-11-10-21(34)17-20(23)12-16-42(25)30(45)31(46-22-18-27(47-19-22)33(38,39)40)13-6-15-43(26(31)8-4-2)29(44)28-24(32(35,36)37)9-5-14-41-28/h5,9-11,14,17-19,25-26H,3-4,6-8,12-13,15-16H2,1-2H3/t25?,26-,31-/m1/s1. The molecule has 3 atom stereocenters. The van der Waals surface area contributed by atoms with Crippen LogP contribution in [-0.2, 0) is 23.6 Å². The predicted octanol–water partition coefficient (Wildman–Crippen LogP) is 9.09. The molecule has 2 aromatic heterocycles. The highest BCUT2D eigenvalue weighted by molar-refractivity contribution is 9.10. The number of halogens is 7. The van der Waals surface area contributed by atoms with E-state index in [1.165, 1.54) is 10.3 Å². The summed E-state index contributed by atoms with van der Waals surface area (Å²) in [7, 11) is 0. The van der Waals surface area contributed by atoms with Crippen molar-refractivity contribution in [1.29, 1.82) is 0 Å². The number of rotatable bonds is 8. The fraction of sp³-hybridized carbons (Fsp3) is 0.485. The molecule has 2 aliphatic heterocycles. The maximum atomic E-state index is 15.1. The highest BCUT2D eigenvalue weighted by Gasteiger charge is 2.57. The number of piperidine rings is 1. The number of carbonyl (C=O) groups is 2. The van der Waals surface area contributed by atoms with Gasteiger partial charge in [0, 0.05) is 41.6 Å². The van der Waals surface area contributed by atoms with E-state index in [-0.39, 0.29) is 37.6 Å². The molecule has 0 N–H and O–H groups in total. The highest BCUT2D eigenvalue weighted by Crippen LogP contribution is 2.45. The van der Waals surface area contributed by atoms with Crippen LogP contribution < -0.4 is 4.74 Å². The first-order valence-electron chi connectivity index (χ1n) is 15.5. The lowest BCUT2D eigenvalue weighted by molar-refractivity contribution is -0.162. The number of ether oxygens (including phenoxy) is 1. The van der Waals surface area contributed by atoms with E-state index in [0.29, 0.717) is 37.1 Å². The molecule has 1 unspecified atom stereocenters. The van der Waals surface area contributed by atoms with Crippen molar-refractivity contribution >= 4 is 39.1 Å². The van der Waals surface area contributed by atoms with Gasteiger partial charge in [-0.05, 0) is 61.1 Å². The summed E-state index contributed by atoms with van der Waals surface area (Å²) in [6.07, 6.45) is -5.82. The fourth-order valence-electron chi connectivity index (χ4n) is 6.83. The Labute approximate surface area is 281 Å². The highest BCUT2D eigenvalue weighted by atomic mass is 79.9. The summed E-state index contributed by atoms with van der Waals surface area (Å²) in [6, 6.07) is 7.06. The number of alkyl halides is 6.